The highest BCUT2D eigenvalue weighted by atomic mass is 32.2. The van der Waals surface area contributed by atoms with Crippen LogP contribution in [0.3, 0.4) is 0 Å². The van der Waals surface area contributed by atoms with Crippen LogP contribution in [-0.4, -0.2) is 23.2 Å². The third-order valence-electron chi connectivity index (χ3n) is 5.54. The summed E-state index contributed by atoms with van der Waals surface area (Å²) in [6.45, 7) is 7.79. The topological polar surface area (TPSA) is 23.5 Å². The van der Waals surface area contributed by atoms with Crippen molar-refractivity contribution < 1.29 is 5.11 Å². The minimum absolute atomic E-state index is 0.295. The Balaban J connectivity index is 2.08. The lowest BCUT2D eigenvalue weighted by Crippen LogP contribution is -2.35. The number of rotatable bonds is 7. The summed E-state index contributed by atoms with van der Waals surface area (Å²) in [5.74, 6) is 2.48. The monoisotopic (exact) mass is 401 g/mol. The van der Waals surface area contributed by atoms with Crippen molar-refractivity contribution in [3.05, 3.63) is 42.5 Å². The van der Waals surface area contributed by atoms with Gasteiger partial charge in [0.05, 0.1) is 10.6 Å². The molecule has 0 aromatic heterocycles. The van der Waals surface area contributed by atoms with E-state index in [1.54, 1.807) is 11.8 Å². The van der Waals surface area contributed by atoms with Crippen LogP contribution in [-0.2, 0) is 0 Å². The van der Waals surface area contributed by atoms with Gasteiger partial charge in [0.25, 0.3) is 0 Å². The zero-order valence-corrected chi connectivity index (χ0v) is 18.3. The van der Waals surface area contributed by atoms with Crippen molar-refractivity contribution >= 4 is 34.9 Å². The molecule has 3 rings (SSSR count). The van der Waals surface area contributed by atoms with Gasteiger partial charge in [0, 0.05) is 22.9 Å². The van der Waals surface area contributed by atoms with E-state index in [2.05, 4.69) is 62.1 Å². The van der Waals surface area contributed by atoms with Crippen molar-refractivity contribution in [2.24, 2.45) is 5.41 Å². The number of phenolic OH excluding ortho intramolecular Hbond substituents is 1. The predicted octanol–water partition coefficient (Wildman–Crippen LogP) is 7.33. The molecule has 0 saturated carbocycles. The van der Waals surface area contributed by atoms with Crippen LogP contribution in [0.4, 0.5) is 11.4 Å². The van der Waals surface area contributed by atoms with E-state index in [-0.39, 0.29) is 0 Å². The molecule has 1 aliphatic rings. The SMILES string of the molecule is CCCCC1(CC)CSc2cc(O)c(SCC)cc2N(c2ccccc2)C1. The predicted molar refractivity (Wildman–Crippen MR) is 121 cm³/mol. The number of aromatic hydroxyl groups is 1. The zero-order chi connectivity index (χ0) is 19.3. The third kappa shape index (κ3) is 4.60. The van der Waals surface area contributed by atoms with E-state index in [1.165, 1.54) is 42.0 Å². The molecule has 2 aromatic carbocycles. The molecule has 0 amide bonds. The van der Waals surface area contributed by atoms with Gasteiger partial charge in [0.1, 0.15) is 5.75 Å². The Morgan fingerprint density at radius 3 is 2.59 bits per heavy atom. The van der Waals surface area contributed by atoms with Gasteiger partial charge in [-0.3, -0.25) is 0 Å². The zero-order valence-electron chi connectivity index (χ0n) is 16.7. The summed E-state index contributed by atoms with van der Waals surface area (Å²) < 4.78 is 0. The van der Waals surface area contributed by atoms with Gasteiger partial charge in [-0.15, -0.1) is 23.5 Å². The van der Waals surface area contributed by atoms with Crippen molar-refractivity contribution in [3.8, 4) is 5.75 Å². The van der Waals surface area contributed by atoms with Gasteiger partial charge in [0.2, 0.25) is 0 Å². The van der Waals surface area contributed by atoms with Crippen LogP contribution in [0, 0.1) is 5.41 Å². The van der Waals surface area contributed by atoms with Crippen LogP contribution in [0.15, 0.2) is 52.3 Å². The van der Waals surface area contributed by atoms with E-state index in [1.807, 2.05) is 17.8 Å². The Hall–Kier alpha value is -1.26. The number of benzene rings is 2. The summed E-state index contributed by atoms with van der Waals surface area (Å²) in [5, 5.41) is 10.5. The highest BCUT2D eigenvalue weighted by Gasteiger charge is 2.35. The molecule has 0 aliphatic carbocycles. The fraction of sp³-hybridized carbons (Fsp3) is 0.478. The Labute approximate surface area is 172 Å². The standard InChI is InChI=1S/C23H31NOS2/c1-4-7-13-23(5-2)16-24(18-11-9-8-10-12-18)19-14-22(26-6-3)20(25)15-21(19)27-17-23/h8-12,14-15,25H,4-7,13,16-17H2,1-3H3. The smallest absolute Gasteiger partial charge is 0.130 e. The van der Waals surface area contributed by atoms with E-state index in [0.29, 0.717) is 11.2 Å². The lowest BCUT2D eigenvalue weighted by molar-refractivity contribution is 0.295. The number of anilines is 2. The quantitative estimate of drug-likeness (QED) is 0.490. The minimum atomic E-state index is 0.295. The van der Waals surface area contributed by atoms with Gasteiger partial charge in [-0.05, 0) is 48.3 Å². The Kier molecular flexibility index (Phi) is 7.04. The molecular formula is C23H31NOS2. The van der Waals surface area contributed by atoms with E-state index in [0.717, 1.165) is 22.9 Å². The van der Waals surface area contributed by atoms with Crippen molar-refractivity contribution in [3.63, 3.8) is 0 Å². The first-order valence-electron chi connectivity index (χ1n) is 10.1. The summed E-state index contributed by atoms with van der Waals surface area (Å²) in [5.41, 5.74) is 2.78. The maximum absolute atomic E-state index is 10.5. The number of hydrogen-bond acceptors (Lipinski definition) is 4. The Bertz CT molecular complexity index is 750. The molecule has 1 atom stereocenters. The molecule has 0 bridgehead atoms. The summed E-state index contributed by atoms with van der Waals surface area (Å²) in [6.07, 6.45) is 4.95. The van der Waals surface area contributed by atoms with E-state index in [9.17, 15) is 5.11 Å². The summed E-state index contributed by atoms with van der Waals surface area (Å²) >= 11 is 3.63. The molecule has 1 N–H and O–H groups in total. The molecule has 1 aliphatic heterocycles. The molecule has 0 saturated heterocycles. The van der Waals surface area contributed by atoms with E-state index in [4.69, 9.17) is 0 Å². The minimum Gasteiger partial charge on any atom is -0.507 e. The molecule has 0 spiro atoms. The first kappa shape index (κ1) is 20.5. The van der Waals surface area contributed by atoms with Crippen molar-refractivity contribution in [1.82, 2.24) is 0 Å². The summed E-state index contributed by atoms with van der Waals surface area (Å²) in [7, 11) is 0. The highest BCUT2D eigenvalue weighted by Crippen LogP contribution is 2.49. The molecule has 4 heteroatoms. The van der Waals surface area contributed by atoms with Crippen LogP contribution in [0.1, 0.15) is 46.5 Å². The number of para-hydroxylation sites is 1. The number of fused-ring (bicyclic) bond motifs is 1. The van der Waals surface area contributed by atoms with Crippen LogP contribution in [0.5, 0.6) is 5.75 Å². The fourth-order valence-electron chi connectivity index (χ4n) is 3.77. The maximum atomic E-state index is 10.5. The van der Waals surface area contributed by atoms with Crippen LogP contribution < -0.4 is 4.90 Å². The first-order chi connectivity index (χ1) is 13.1. The Morgan fingerprint density at radius 2 is 1.93 bits per heavy atom. The molecule has 146 valence electrons. The van der Waals surface area contributed by atoms with Crippen molar-refractivity contribution in [2.45, 2.75) is 56.2 Å². The van der Waals surface area contributed by atoms with Crippen molar-refractivity contribution in [2.75, 3.05) is 23.0 Å². The number of hydrogen-bond donors (Lipinski definition) is 1. The summed E-state index contributed by atoms with van der Waals surface area (Å²) in [4.78, 5) is 4.67. The number of thioether (sulfide) groups is 2. The fourth-order valence-corrected chi connectivity index (χ4v) is 5.89. The lowest BCUT2D eigenvalue weighted by atomic mass is 9.81. The molecule has 2 nitrogen and oxygen atoms in total. The van der Waals surface area contributed by atoms with E-state index < -0.39 is 0 Å². The third-order valence-corrected chi connectivity index (χ3v) is 7.86. The maximum Gasteiger partial charge on any atom is 0.130 e. The molecule has 1 unspecified atom stereocenters. The molecule has 0 fully saturated rings. The van der Waals surface area contributed by atoms with Gasteiger partial charge in [0.15, 0.2) is 0 Å². The number of nitrogens with zero attached hydrogens (tertiary/aromatic N) is 1. The van der Waals surface area contributed by atoms with Gasteiger partial charge in [-0.25, -0.2) is 0 Å². The van der Waals surface area contributed by atoms with Gasteiger partial charge in [-0.1, -0.05) is 51.8 Å². The Morgan fingerprint density at radius 1 is 1.15 bits per heavy atom. The first-order valence-corrected chi connectivity index (χ1v) is 12.0. The molecular weight excluding hydrogens is 370 g/mol. The van der Waals surface area contributed by atoms with Crippen LogP contribution in [0.25, 0.3) is 0 Å². The van der Waals surface area contributed by atoms with Gasteiger partial charge < -0.3 is 10.0 Å². The van der Waals surface area contributed by atoms with Gasteiger partial charge >= 0.3 is 0 Å². The average Bonchev–Trinajstić information content (AvgIpc) is 2.85. The average molecular weight is 402 g/mol. The second-order valence-corrected chi connectivity index (χ2v) is 9.71. The normalized spacial score (nSPS) is 19.6. The number of phenols is 1. The van der Waals surface area contributed by atoms with Crippen molar-refractivity contribution in [1.29, 1.82) is 0 Å². The van der Waals surface area contributed by atoms with Crippen LogP contribution >= 0.6 is 23.5 Å². The largest absolute Gasteiger partial charge is 0.507 e. The number of unbranched alkanes of at least 4 members (excludes halogenated alkanes) is 1. The van der Waals surface area contributed by atoms with Crippen LogP contribution in [0.2, 0.25) is 0 Å². The highest BCUT2D eigenvalue weighted by molar-refractivity contribution is 7.99. The molecule has 1 heterocycles. The van der Waals surface area contributed by atoms with E-state index >= 15 is 0 Å². The second kappa shape index (κ2) is 9.29. The molecule has 27 heavy (non-hydrogen) atoms. The summed E-state index contributed by atoms with van der Waals surface area (Å²) in [6, 6.07) is 14.9. The molecule has 2 aromatic rings. The lowest BCUT2D eigenvalue weighted by Gasteiger charge is -2.37. The second-order valence-electron chi connectivity index (χ2n) is 7.39. The van der Waals surface area contributed by atoms with Gasteiger partial charge in [-0.2, -0.15) is 0 Å². The molecule has 0 radical (unpaired) electrons.